The molecule has 0 amide bonds. The van der Waals surface area contributed by atoms with Crippen LogP contribution in [0.2, 0.25) is 0 Å². The lowest BCUT2D eigenvalue weighted by molar-refractivity contribution is 0.226. The molecular weight excluding hydrogens is 184 g/mol. The minimum atomic E-state index is 0.720. The van der Waals surface area contributed by atoms with Crippen molar-refractivity contribution in [2.45, 2.75) is 51.5 Å². The van der Waals surface area contributed by atoms with Gasteiger partial charge in [-0.2, -0.15) is 0 Å². The summed E-state index contributed by atoms with van der Waals surface area (Å²) in [6, 6.07) is 0.801. The molecule has 2 nitrogen and oxygen atoms in total. The van der Waals surface area contributed by atoms with Crippen molar-refractivity contribution in [1.82, 2.24) is 10.2 Å². The zero-order valence-electron chi connectivity index (χ0n) is 10.4. The molecule has 0 aromatic heterocycles. The van der Waals surface area contributed by atoms with Crippen LogP contribution in [0, 0.1) is 5.41 Å². The molecule has 2 aliphatic rings. The highest BCUT2D eigenvalue weighted by Gasteiger charge is 2.41. The average molecular weight is 210 g/mol. The summed E-state index contributed by atoms with van der Waals surface area (Å²) in [6.45, 7) is 6.15. The summed E-state index contributed by atoms with van der Waals surface area (Å²) < 4.78 is 0. The van der Waals surface area contributed by atoms with Crippen LogP contribution in [0.15, 0.2) is 0 Å². The third kappa shape index (κ3) is 3.18. The van der Waals surface area contributed by atoms with E-state index in [1.807, 2.05) is 0 Å². The summed E-state index contributed by atoms with van der Waals surface area (Å²) >= 11 is 0. The molecular formula is C13H26N2. The van der Waals surface area contributed by atoms with E-state index in [0.29, 0.717) is 0 Å². The molecule has 1 aliphatic heterocycles. The Balaban J connectivity index is 1.65. The number of hydrogen-bond acceptors (Lipinski definition) is 2. The summed E-state index contributed by atoms with van der Waals surface area (Å²) in [6.07, 6.45) is 8.43. The second-order valence-corrected chi connectivity index (χ2v) is 5.71. The Kier molecular flexibility index (Phi) is 3.68. The maximum Gasteiger partial charge on any atom is 0.00916 e. The molecule has 0 radical (unpaired) electrons. The summed E-state index contributed by atoms with van der Waals surface area (Å²) in [5, 5.41) is 3.80. The quantitative estimate of drug-likeness (QED) is 0.749. The standard InChI is InChI=1S/C13H26N2/c1-3-6-13(7-8-13)11-14-12-4-9-15(2)10-5-12/h12,14H,3-11H2,1-2H3. The Morgan fingerprint density at radius 2 is 1.93 bits per heavy atom. The summed E-state index contributed by atoms with van der Waals surface area (Å²) in [5.41, 5.74) is 0.720. The third-order valence-corrected chi connectivity index (χ3v) is 4.22. The van der Waals surface area contributed by atoms with E-state index in [1.54, 1.807) is 0 Å². The number of rotatable bonds is 5. The number of piperidine rings is 1. The minimum absolute atomic E-state index is 0.720. The normalized spacial score (nSPS) is 26.8. The fourth-order valence-corrected chi connectivity index (χ4v) is 2.80. The molecule has 1 aliphatic carbocycles. The molecule has 1 saturated heterocycles. The van der Waals surface area contributed by atoms with Crippen molar-refractivity contribution < 1.29 is 0 Å². The Morgan fingerprint density at radius 3 is 2.47 bits per heavy atom. The second kappa shape index (κ2) is 4.84. The van der Waals surface area contributed by atoms with E-state index in [9.17, 15) is 0 Å². The third-order valence-electron chi connectivity index (χ3n) is 4.22. The van der Waals surface area contributed by atoms with Gasteiger partial charge >= 0.3 is 0 Å². The monoisotopic (exact) mass is 210 g/mol. The summed E-state index contributed by atoms with van der Waals surface area (Å²) in [4.78, 5) is 2.44. The fraction of sp³-hybridized carbons (Fsp3) is 1.00. The van der Waals surface area contributed by atoms with Crippen molar-refractivity contribution in [3.8, 4) is 0 Å². The van der Waals surface area contributed by atoms with Crippen LogP contribution < -0.4 is 5.32 Å². The van der Waals surface area contributed by atoms with E-state index in [1.165, 1.54) is 58.2 Å². The van der Waals surface area contributed by atoms with Crippen molar-refractivity contribution in [3.63, 3.8) is 0 Å². The van der Waals surface area contributed by atoms with Crippen LogP contribution >= 0.6 is 0 Å². The van der Waals surface area contributed by atoms with Crippen LogP contribution in [0.4, 0.5) is 0 Å². The first-order valence-electron chi connectivity index (χ1n) is 6.66. The number of nitrogens with one attached hydrogen (secondary N) is 1. The molecule has 0 bridgehead atoms. The van der Waals surface area contributed by atoms with Gasteiger partial charge in [-0.3, -0.25) is 0 Å². The van der Waals surface area contributed by atoms with Gasteiger partial charge in [-0.05, 0) is 57.7 Å². The van der Waals surface area contributed by atoms with Gasteiger partial charge in [0.2, 0.25) is 0 Å². The zero-order valence-corrected chi connectivity index (χ0v) is 10.4. The maximum absolute atomic E-state index is 3.80. The van der Waals surface area contributed by atoms with Gasteiger partial charge in [0.05, 0.1) is 0 Å². The largest absolute Gasteiger partial charge is 0.313 e. The molecule has 0 aromatic rings. The molecule has 0 atom stereocenters. The molecule has 88 valence electrons. The Morgan fingerprint density at radius 1 is 1.27 bits per heavy atom. The SMILES string of the molecule is CCCC1(CNC2CCN(C)CC2)CC1. The van der Waals surface area contributed by atoms with Crippen molar-refractivity contribution in [3.05, 3.63) is 0 Å². The van der Waals surface area contributed by atoms with Crippen molar-refractivity contribution >= 4 is 0 Å². The molecule has 0 unspecified atom stereocenters. The van der Waals surface area contributed by atoms with E-state index >= 15 is 0 Å². The van der Waals surface area contributed by atoms with Gasteiger partial charge in [-0.1, -0.05) is 13.3 Å². The highest BCUT2D eigenvalue weighted by Crippen LogP contribution is 2.49. The first-order chi connectivity index (χ1) is 7.24. The number of nitrogens with zero attached hydrogens (tertiary/aromatic N) is 1. The van der Waals surface area contributed by atoms with Gasteiger partial charge in [0.15, 0.2) is 0 Å². The van der Waals surface area contributed by atoms with Crippen molar-refractivity contribution in [2.24, 2.45) is 5.41 Å². The molecule has 0 spiro atoms. The van der Waals surface area contributed by atoms with Crippen molar-refractivity contribution in [2.75, 3.05) is 26.7 Å². The van der Waals surface area contributed by atoms with Gasteiger partial charge in [0.1, 0.15) is 0 Å². The lowest BCUT2D eigenvalue weighted by Gasteiger charge is -2.31. The van der Waals surface area contributed by atoms with E-state index in [2.05, 4.69) is 24.2 Å². The molecule has 1 saturated carbocycles. The fourth-order valence-electron chi connectivity index (χ4n) is 2.80. The van der Waals surface area contributed by atoms with Crippen LogP contribution in [-0.4, -0.2) is 37.6 Å². The van der Waals surface area contributed by atoms with E-state index in [4.69, 9.17) is 0 Å². The van der Waals surface area contributed by atoms with E-state index < -0.39 is 0 Å². The van der Waals surface area contributed by atoms with Gasteiger partial charge in [-0.25, -0.2) is 0 Å². The zero-order chi connectivity index (χ0) is 10.7. The first kappa shape index (κ1) is 11.4. The first-order valence-corrected chi connectivity index (χ1v) is 6.66. The Hall–Kier alpha value is -0.0800. The molecule has 1 N–H and O–H groups in total. The van der Waals surface area contributed by atoms with Crippen LogP contribution in [0.5, 0.6) is 0 Å². The van der Waals surface area contributed by atoms with Crippen LogP contribution in [-0.2, 0) is 0 Å². The van der Waals surface area contributed by atoms with Crippen molar-refractivity contribution in [1.29, 1.82) is 0 Å². The summed E-state index contributed by atoms with van der Waals surface area (Å²) in [7, 11) is 2.23. The molecule has 15 heavy (non-hydrogen) atoms. The lowest BCUT2D eigenvalue weighted by Crippen LogP contribution is -2.42. The van der Waals surface area contributed by atoms with Gasteiger partial charge in [-0.15, -0.1) is 0 Å². The molecule has 0 aromatic carbocycles. The van der Waals surface area contributed by atoms with Crippen LogP contribution in [0.3, 0.4) is 0 Å². The van der Waals surface area contributed by atoms with Gasteiger partial charge in [0.25, 0.3) is 0 Å². The van der Waals surface area contributed by atoms with E-state index in [-0.39, 0.29) is 0 Å². The Bertz CT molecular complexity index is 191. The highest BCUT2D eigenvalue weighted by atomic mass is 15.1. The lowest BCUT2D eigenvalue weighted by atomic mass is 9.99. The molecule has 2 heteroatoms. The smallest absolute Gasteiger partial charge is 0.00916 e. The molecule has 2 rings (SSSR count). The van der Waals surface area contributed by atoms with Crippen LogP contribution in [0.1, 0.15) is 45.4 Å². The maximum atomic E-state index is 3.80. The highest BCUT2D eigenvalue weighted by molar-refractivity contribution is 4.95. The minimum Gasteiger partial charge on any atom is -0.313 e. The Labute approximate surface area is 94.4 Å². The average Bonchev–Trinajstić information content (AvgIpc) is 2.99. The second-order valence-electron chi connectivity index (χ2n) is 5.71. The van der Waals surface area contributed by atoms with E-state index in [0.717, 1.165) is 11.5 Å². The predicted molar refractivity (Wildman–Crippen MR) is 65.1 cm³/mol. The topological polar surface area (TPSA) is 15.3 Å². The number of hydrogen-bond donors (Lipinski definition) is 1. The predicted octanol–water partition coefficient (Wildman–Crippen LogP) is 2.25. The molecule has 1 heterocycles. The van der Waals surface area contributed by atoms with Gasteiger partial charge < -0.3 is 10.2 Å². The number of likely N-dealkylation sites (tertiary alicyclic amines) is 1. The van der Waals surface area contributed by atoms with Crippen LogP contribution in [0.25, 0.3) is 0 Å². The molecule has 2 fully saturated rings. The van der Waals surface area contributed by atoms with Gasteiger partial charge in [0, 0.05) is 12.6 Å². The summed E-state index contributed by atoms with van der Waals surface area (Å²) in [5.74, 6) is 0.